The van der Waals surface area contributed by atoms with Gasteiger partial charge in [0.15, 0.2) is 18.1 Å². The molecule has 27 heavy (non-hydrogen) atoms. The molecule has 142 valence electrons. The van der Waals surface area contributed by atoms with E-state index in [0.717, 1.165) is 18.2 Å². The van der Waals surface area contributed by atoms with E-state index in [2.05, 4.69) is 0 Å². The topological polar surface area (TPSA) is 73.9 Å². The molecular formula is C19H17F2NO5. The number of esters is 1. The van der Waals surface area contributed by atoms with Gasteiger partial charge in [-0.2, -0.15) is 0 Å². The summed E-state index contributed by atoms with van der Waals surface area (Å²) < 4.78 is 41.9. The zero-order chi connectivity index (χ0) is 19.8. The van der Waals surface area contributed by atoms with Gasteiger partial charge in [-0.25, -0.2) is 13.6 Å². The maximum Gasteiger partial charge on any atom is 0.331 e. The minimum absolute atomic E-state index is 0.485. The lowest BCUT2D eigenvalue weighted by Crippen LogP contribution is -2.21. The molecule has 1 amide bonds. The number of rotatable bonds is 7. The summed E-state index contributed by atoms with van der Waals surface area (Å²) in [6.07, 6.45) is 2.57. The van der Waals surface area contributed by atoms with Gasteiger partial charge in [0.1, 0.15) is 17.3 Å². The minimum atomic E-state index is -0.928. The average molecular weight is 377 g/mol. The van der Waals surface area contributed by atoms with Crippen LogP contribution in [-0.4, -0.2) is 32.7 Å². The summed E-state index contributed by atoms with van der Waals surface area (Å²) in [5.74, 6) is -2.50. The van der Waals surface area contributed by atoms with Gasteiger partial charge in [-0.15, -0.1) is 0 Å². The molecule has 0 aliphatic rings. The van der Waals surface area contributed by atoms with Crippen LogP contribution in [0, 0.1) is 11.6 Å². The molecule has 2 aromatic rings. The first-order valence-corrected chi connectivity index (χ1v) is 7.75. The van der Waals surface area contributed by atoms with Crippen LogP contribution >= 0.6 is 0 Å². The Morgan fingerprint density at radius 2 is 1.70 bits per heavy atom. The first kappa shape index (κ1) is 19.9. The van der Waals surface area contributed by atoms with Gasteiger partial charge in [0.25, 0.3) is 5.91 Å². The Labute approximate surface area is 154 Å². The molecule has 2 rings (SSSR count). The third kappa shape index (κ3) is 5.53. The monoisotopic (exact) mass is 377 g/mol. The van der Waals surface area contributed by atoms with Gasteiger partial charge in [0.2, 0.25) is 0 Å². The molecule has 8 heteroatoms. The number of hydrogen-bond acceptors (Lipinski definition) is 5. The number of benzene rings is 2. The predicted octanol–water partition coefficient (Wildman–Crippen LogP) is 3.18. The highest BCUT2D eigenvalue weighted by molar-refractivity contribution is 5.94. The van der Waals surface area contributed by atoms with Crippen LogP contribution < -0.4 is 14.8 Å². The number of anilines is 1. The molecule has 0 heterocycles. The average Bonchev–Trinajstić information content (AvgIpc) is 2.67. The number of halogens is 2. The van der Waals surface area contributed by atoms with E-state index in [1.165, 1.54) is 26.4 Å². The van der Waals surface area contributed by atoms with E-state index in [1.807, 2.05) is 5.32 Å². The summed E-state index contributed by atoms with van der Waals surface area (Å²) in [4.78, 5) is 23.4. The Kier molecular flexibility index (Phi) is 6.87. The molecule has 0 spiro atoms. The smallest absolute Gasteiger partial charge is 0.331 e. The molecule has 0 saturated heterocycles. The normalized spacial score (nSPS) is 10.5. The van der Waals surface area contributed by atoms with Gasteiger partial charge in [-0.1, -0.05) is 12.1 Å². The lowest BCUT2D eigenvalue weighted by Gasteiger charge is -2.08. The van der Waals surface area contributed by atoms with Gasteiger partial charge >= 0.3 is 5.97 Å². The van der Waals surface area contributed by atoms with Crippen LogP contribution in [0.25, 0.3) is 6.08 Å². The maximum atomic E-state index is 13.4. The number of ether oxygens (including phenoxy) is 3. The second-order valence-electron chi connectivity index (χ2n) is 5.20. The van der Waals surface area contributed by atoms with Crippen molar-refractivity contribution >= 4 is 23.6 Å². The molecule has 2 aromatic carbocycles. The van der Waals surface area contributed by atoms with Crippen LogP contribution in [0.5, 0.6) is 11.5 Å². The van der Waals surface area contributed by atoms with Crippen molar-refractivity contribution in [3.63, 3.8) is 0 Å². The number of hydrogen-bond donors (Lipinski definition) is 1. The van der Waals surface area contributed by atoms with E-state index in [1.54, 1.807) is 18.2 Å². The van der Waals surface area contributed by atoms with Gasteiger partial charge < -0.3 is 19.5 Å². The molecule has 0 saturated carbocycles. The SMILES string of the molecule is COc1ccc(/C=C/C(=O)OCC(=O)Nc2c(F)cccc2F)cc1OC. The highest BCUT2D eigenvalue weighted by Crippen LogP contribution is 2.27. The van der Waals surface area contributed by atoms with E-state index in [9.17, 15) is 18.4 Å². The number of nitrogens with one attached hydrogen (secondary N) is 1. The molecule has 0 aliphatic heterocycles. The zero-order valence-corrected chi connectivity index (χ0v) is 14.6. The standard InChI is InChI=1S/C19H17F2NO5/c1-25-15-8-6-12(10-16(15)26-2)7-9-18(24)27-11-17(23)22-19-13(20)4-3-5-14(19)21/h3-10H,11H2,1-2H3,(H,22,23)/b9-7+. The number of para-hydroxylation sites is 1. The summed E-state index contributed by atoms with van der Waals surface area (Å²) in [5.41, 5.74) is 0.0434. The molecule has 0 bridgehead atoms. The summed E-state index contributed by atoms with van der Waals surface area (Å²) in [7, 11) is 2.99. The molecule has 0 aliphatic carbocycles. The second kappa shape index (κ2) is 9.33. The van der Waals surface area contributed by atoms with E-state index < -0.39 is 35.8 Å². The highest BCUT2D eigenvalue weighted by Gasteiger charge is 2.13. The summed E-state index contributed by atoms with van der Waals surface area (Å²) in [6.45, 7) is -0.692. The number of carbonyl (C=O) groups excluding carboxylic acids is 2. The molecule has 0 atom stereocenters. The first-order chi connectivity index (χ1) is 12.9. The number of amides is 1. The number of carbonyl (C=O) groups is 2. The Morgan fingerprint density at radius 1 is 1.04 bits per heavy atom. The lowest BCUT2D eigenvalue weighted by atomic mass is 10.2. The van der Waals surface area contributed by atoms with Crippen LogP contribution in [0.3, 0.4) is 0 Å². The van der Waals surface area contributed by atoms with E-state index >= 15 is 0 Å². The fourth-order valence-electron chi connectivity index (χ4n) is 2.10. The fraction of sp³-hybridized carbons (Fsp3) is 0.158. The largest absolute Gasteiger partial charge is 0.493 e. The molecule has 0 aromatic heterocycles. The van der Waals surface area contributed by atoms with Crippen molar-refractivity contribution in [1.29, 1.82) is 0 Å². The summed E-state index contributed by atoms with van der Waals surface area (Å²) in [5, 5.41) is 2.01. The molecule has 0 radical (unpaired) electrons. The van der Waals surface area contributed by atoms with E-state index in [-0.39, 0.29) is 0 Å². The molecule has 0 fully saturated rings. The molecule has 0 unspecified atom stereocenters. The van der Waals surface area contributed by atoms with Crippen molar-refractivity contribution in [3.05, 3.63) is 59.7 Å². The highest BCUT2D eigenvalue weighted by atomic mass is 19.1. The Balaban J connectivity index is 1.90. The van der Waals surface area contributed by atoms with E-state index in [0.29, 0.717) is 17.1 Å². The summed E-state index contributed by atoms with van der Waals surface area (Å²) in [6, 6.07) is 8.17. The fourth-order valence-corrected chi connectivity index (χ4v) is 2.10. The predicted molar refractivity (Wildman–Crippen MR) is 94.5 cm³/mol. The van der Waals surface area contributed by atoms with Gasteiger partial charge in [0, 0.05) is 6.08 Å². The minimum Gasteiger partial charge on any atom is -0.493 e. The summed E-state index contributed by atoms with van der Waals surface area (Å²) >= 11 is 0. The molecule has 6 nitrogen and oxygen atoms in total. The third-order valence-corrected chi connectivity index (χ3v) is 3.39. The lowest BCUT2D eigenvalue weighted by molar-refractivity contribution is -0.142. The van der Waals surface area contributed by atoms with Crippen LogP contribution in [-0.2, 0) is 14.3 Å². The van der Waals surface area contributed by atoms with Crippen molar-refractivity contribution in [2.75, 3.05) is 26.1 Å². The van der Waals surface area contributed by atoms with E-state index in [4.69, 9.17) is 14.2 Å². The quantitative estimate of drug-likeness (QED) is 0.593. The first-order valence-electron chi connectivity index (χ1n) is 7.75. The number of methoxy groups -OCH3 is 2. The van der Waals surface area contributed by atoms with Crippen molar-refractivity contribution < 1.29 is 32.6 Å². The Hall–Kier alpha value is -3.42. The van der Waals surface area contributed by atoms with Gasteiger partial charge in [-0.05, 0) is 35.9 Å². The Morgan fingerprint density at radius 3 is 2.33 bits per heavy atom. The van der Waals surface area contributed by atoms with Crippen molar-refractivity contribution in [2.24, 2.45) is 0 Å². The van der Waals surface area contributed by atoms with Crippen molar-refractivity contribution in [3.8, 4) is 11.5 Å². The molecular weight excluding hydrogens is 360 g/mol. The van der Waals surface area contributed by atoms with Crippen molar-refractivity contribution in [2.45, 2.75) is 0 Å². The second-order valence-corrected chi connectivity index (χ2v) is 5.20. The van der Waals surface area contributed by atoms with Gasteiger partial charge in [0.05, 0.1) is 14.2 Å². The van der Waals surface area contributed by atoms with Crippen LogP contribution in [0.4, 0.5) is 14.5 Å². The third-order valence-electron chi connectivity index (χ3n) is 3.39. The Bertz CT molecular complexity index is 847. The van der Waals surface area contributed by atoms with Crippen molar-refractivity contribution in [1.82, 2.24) is 0 Å². The van der Waals surface area contributed by atoms with Crippen LogP contribution in [0.1, 0.15) is 5.56 Å². The zero-order valence-electron chi connectivity index (χ0n) is 14.6. The van der Waals surface area contributed by atoms with Crippen LogP contribution in [0.15, 0.2) is 42.5 Å². The van der Waals surface area contributed by atoms with Crippen LogP contribution in [0.2, 0.25) is 0 Å². The van der Waals surface area contributed by atoms with Gasteiger partial charge in [-0.3, -0.25) is 4.79 Å². The molecule has 1 N–H and O–H groups in total. The maximum absolute atomic E-state index is 13.4.